The lowest BCUT2D eigenvalue weighted by atomic mass is 10.1. The van der Waals surface area contributed by atoms with Crippen LogP contribution in [-0.4, -0.2) is 45.3 Å². The van der Waals surface area contributed by atoms with E-state index >= 15 is 0 Å². The molecule has 2 aromatic rings. The molecule has 1 aromatic carbocycles. The third-order valence-electron chi connectivity index (χ3n) is 3.84. The highest BCUT2D eigenvalue weighted by Gasteiger charge is 2.27. The molecular formula is C19H21N3O5. The lowest BCUT2D eigenvalue weighted by molar-refractivity contribution is -0.140. The van der Waals surface area contributed by atoms with Gasteiger partial charge >= 0.3 is 17.9 Å². The number of para-hydroxylation sites is 1. The highest BCUT2D eigenvalue weighted by molar-refractivity contribution is 6.13. The number of carboxylic acids is 2. The van der Waals surface area contributed by atoms with E-state index in [1.165, 1.54) is 0 Å². The van der Waals surface area contributed by atoms with Gasteiger partial charge in [0.1, 0.15) is 12.4 Å². The average molecular weight is 371 g/mol. The molecular weight excluding hydrogens is 350 g/mol. The van der Waals surface area contributed by atoms with E-state index in [-0.39, 0.29) is 24.7 Å². The smallest absolute Gasteiger partial charge is 0.344 e. The zero-order valence-electron chi connectivity index (χ0n) is 15.2. The Hall–Kier alpha value is -3.42. The number of aromatic nitrogens is 2. The van der Waals surface area contributed by atoms with Crippen LogP contribution in [0, 0.1) is 0 Å². The van der Waals surface area contributed by atoms with Crippen molar-refractivity contribution < 1.29 is 24.5 Å². The Morgan fingerprint density at radius 3 is 2.41 bits per heavy atom. The minimum absolute atomic E-state index is 0.102. The summed E-state index contributed by atoms with van der Waals surface area (Å²) in [5.74, 6) is -2.61. The maximum Gasteiger partial charge on any atom is 0.344 e. The third kappa shape index (κ3) is 4.22. The molecule has 0 fully saturated rings. The second-order valence-corrected chi connectivity index (χ2v) is 5.48. The van der Waals surface area contributed by atoms with Crippen molar-refractivity contribution in [1.82, 2.24) is 9.97 Å². The van der Waals surface area contributed by atoms with Crippen LogP contribution in [0.2, 0.25) is 0 Å². The monoisotopic (exact) mass is 371 g/mol. The van der Waals surface area contributed by atoms with Crippen molar-refractivity contribution in [3.63, 3.8) is 0 Å². The van der Waals surface area contributed by atoms with Gasteiger partial charge in [-0.05, 0) is 25.5 Å². The Kier molecular flexibility index (Phi) is 6.48. The number of ether oxygens (including phenoxy) is 1. The number of benzene rings is 1. The summed E-state index contributed by atoms with van der Waals surface area (Å²) in [5.41, 5.74) is 0.0642. The summed E-state index contributed by atoms with van der Waals surface area (Å²) in [6.07, 6.45) is 1.75. The van der Waals surface area contributed by atoms with E-state index in [4.69, 9.17) is 4.74 Å². The van der Waals surface area contributed by atoms with Crippen molar-refractivity contribution in [2.75, 3.05) is 18.1 Å². The van der Waals surface area contributed by atoms with E-state index in [2.05, 4.69) is 16.5 Å². The van der Waals surface area contributed by atoms with E-state index < -0.39 is 17.5 Å². The molecule has 2 rings (SSSR count). The number of nitrogens with zero attached hydrogens (tertiary/aromatic N) is 3. The van der Waals surface area contributed by atoms with Gasteiger partial charge in [-0.1, -0.05) is 31.7 Å². The maximum absolute atomic E-state index is 11.5. The zero-order valence-corrected chi connectivity index (χ0v) is 15.2. The van der Waals surface area contributed by atoms with Gasteiger partial charge in [-0.2, -0.15) is 9.97 Å². The molecule has 0 aliphatic rings. The van der Waals surface area contributed by atoms with Gasteiger partial charge < -0.3 is 19.8 Å². The standard InChI is InChI=1S/C19H21N3O5/c1-4-11-27-19-20-13-10-8-7-9-12(13)16(21-19)22(6-3)14(5-2)15(17(23)24)18(25)26/h4,7-10H,1,5-6,11H2,2-3H3,(H,23,24)(H,25,26). The summed E-state index contributed by atoms with van der Waals surface area (Å²) in [5, 5.41) is 19.4. The molecule has 8 nitrogen and oxygen atoms in total. The number of rotatable bonds is 9. The number of hydrogen-bond acceptors (Lipinski definition) is 6. The minimum atomic E-state index is -1.50. The molecule has 8 heteroatoms. The van der Waals surface area contributed by atoms with Gasteiger partial charge in [-0.3, -0.25) is 0 Å². The van der Waals surface area contributed by atoms with Gasteiger partial charge in [0.25, 0.3) is 0 Å². The number of carbonyl (C=O) groups is 2. The lowest BCUT2D eigenvalue weighted by Crippen LogP contribution is -2.29. The summed E-state index contributed by atoms with van der Waals surface area (Å²) in [4.78, 5) is 33.4. The molecule has 27 heavy (non-hydrogen) atoms. The van der Waals surface area contributed by atoms with Gasteiger partial charge in [-0.15, -0.1) is 0 Å². The van der Waals surface area contributed by atoms with Crippen LogP contribution in [0.25, 0.3) is 10.9 Å². The van der Waals surface area contributed by atoms with Crippen LogP contribution < -0.4 is 9.64 Å². The molecule has 0 saturated carbocycles. The molecule has 0 unspecified atom stereocenters. The first kappa shape index (κ1) is 19.9. The van der Waals surface area contributed by atoms with E-state index in [0.717, 1.165) is 0 Å². The van der Waals surface area contributed by atoms with Crippen LogP contribution in [0.5, 0.6) is 6.01 Å². The van der Waals surface area contributed by atoms with Crippen molar-refractivity contribution in [3.05, 3.63) is 48.2 Å². The second-order valence-electron chi connectivity index (χ2n) is 5.48. The molecule has 1 heterocycles. The molecule has 0 aliphatic carbocycles. The van der Waals surface area contributed by atoms with Crippen LogP contribution in [-0.2, 0) is 9.59 Å². The number of carboxylic acid groups (broad SMARTS) is 2. The molecule has 0 saturated heterocycles. The first-order valence-electron chi connectivity index (χ1n) is 8.42. The quantitative estimate of drug-likeness (QED) is 0.299. The van der Waals surface area contributed by atoms with Crippen LogP contribution in [0.15, 0.2) is 48.2 Å². The number of anilines is 1. The fraction of sp³-hybridized carbons (Fsp3) is 0.263. The highest BCUT2D eigenvalue weighted by atomic mass is 16.5. The highest BCUT2D eigenvalue weighted by Crippen LogP contribution is 2.30. The van der Waals surface area contributed by atoms with E-state index in [1.807, 2.05) is 6.07 Å². The van der Waals surface area contributed by atoms with Crippen molar-refractivity contribution in [2.24, 2.45) is 0 Å². The minimum Gasteiger partial charge on any atom is -0.477 e. The lowest BCUT2D eigenvalue weighted by Gasteiger charge is -2.26. The van der Waals surface area contributed by atoms with Gasteiger partial charge in [-0.25, -0.2) is 9.59 Å². The van der Waals surface area contributed by atoms with E-state index in [1.54, 1.807) is 43.0 Å². The molecule has 0 aliphatic heterocycles. The Morgan fingerprint density at radius 1 is 1.19 bits per heavy atom. The number of aliphatic carboxylic acids is 2. The van der Waals surface area contributed by atoms with Crippen LogP contribution in [0.1, 0.15) is 20.3 Å². The van der Waals surface area contributed by atoms with Crippen LogP contribution in [0.4, 0.5) is 5.82 Å². The summed E-state index contributed by atoms with van der Waals surface area (Å²) in [7, 11) is 0. The number of allylic oxidation sites excluding steroid dienone is 1. The summed E-state index contributed by atoms with van der Waals surface area (Å²) in [6, 6.07) is 7.28. The van der Waals surface area contributed by atoms with Crippen molar-refractivity contribution in [3.8, 4) is 6.01 Å². The molecule has 2 N–H and O–H groups in total. The summed E-state index contributed by atoms with van der Waals surface area (Å²) in [6.45, 7) is 7.59. The van der Waals surface area contributed by atoms with Gasteiger partial charge in [0.05, 0.1) is 5.52 Å². The topological polar surface area (TPSA) is 113 Å². The van der Waals surface area contributed by atoms with E-state index in [0.29, 0.717) is 23.3 Å². The summed E-state index contributed by atoms with van der Waals surface area (Å²) < 4.78 is 5.45. The molecule has 0 spiro atoms. The third-order valence-corrected chi connectivity index (χ3v) is 3.84. The fourth-order valence-corrected chi connectivity index (χ4v) is 2.75. The molecule has 142 valence electrons. The molecule has 0 amide bonds. The van der Waals surface area contributed by atoms with Gasteiger partial charge in [0.15, 0.2) is 5.57 Å². The van der Waals surface area contributed by atoms with Gasteiger partial charge in [0, 0.05) is 17.6 Å². The number of fused-ring (bicyclic) bond motifs is 1. The zero-order chi connectivity index (χ0) is 20.0. The largest absolute Gasteiger partial charge is 0.477 e. The van der Waals surface area contributed by atoms with Crippen molar-refractivity contribution >= 4 is 28.7 Å². The Bertz CT molecular complexity index is 891. The Balaban J connectivity index is 2.76. The average Bonchev–Trinajstić information content (AvgIpc) is 2.65. The normalized spacial score (nSPS) is 10.3. The summed E-state index contributed by atoms with van der Waals surface area (Å²) >= 11 is 0. The Morgan fingerprint density at radius 2 is 1.85 bits per heavy atom. The van der Waals surface area contributed by atoms with Crippen LogP contribution in [0.3, 0.4) is 0 Å². The van der Waals surface area contributed by atoms with Crippen molar-refractivity contribution in [1.29, 1.82) is 0 Å². The Labute approximate surface area is 156 Å². The van der Waals surface area contributed by atoms with Gasteiger partial charge in [0.2, 0.25) is 0 Å². The SMILES string of the molecule is C=CCOc1nc(N(CC)C(CC)=C(C(=O)O)C(=O)O)c2ccccc2n1. The number of hydrogen-bond donors (Lipinski definition) is 2. The predicted octanol–water partition coefficient (Wildman–Crippen LogP) is 2.85. The molecule has 0 radical (unpaired) electrons. The molecule has 0 bridgehead atoms. The predicted molar refractivity (Wildman–Crippen MR) is 101 cm³/mol. The van der Waals surface area contributed by atoms with Crippen molar-refractivity contribution in [2.45, 2.75) is 20.3 Å². The molecule has 0 atom stereocenters. The fourth-order valence-electron chi connectivity index (χ4n) is 2.75. The second kappa shape index (κ2) is 8.79. The first-order chi connectivity index (χ1) is 12.9. The maximum atomic E-state index is 11.5. The molecule has 1 aromatic heterocycles. The van der Waals surface area contributed by atoms with Crippen LogP contribution >= 0.6 is 0 Å². The van der Waals surface area contributed by atoms with E-state index in [9.17, 15) is 19.8 Å². The first-order valence-corrected chi connectivity index (χ1v) is 8.42.